The lowest BCUT2D eigenvalue weighted by Gasteiger charge is -2.04. The van der Waals surface area contributed by atoms with E-state index in [0.717, 1.165) is 31.7 Å². The number of carboxylic acid groups (broad SMARTS) is 1. The second-order valence-electron chi connectivity index (χ2n) is 4.41. The number of halogens is 1. The normalized spacial score (nSPS) is 12.3. The topological polar surface area (TPSA) is 54.4 Å². The van der Waals surface area contributed by atoms with E-state index in [1.165, 1.54) is 18.6 Å². The third kappa shape index (κ3) is 5.11. The quantitative estimate of drug-likeness (QED) is 0.743. The van der Waals surface area contributed by atoms with Gasteiger partial charge in [-0.25, -0.2) is 9.18 Å². The number of unbranched alkanes of at least 4 members (excludes halogenated alkanes) is 4. The molecule has 0 bridgehead atoms. The SMILES string of the molecule is CCCCCCCS(=O)c1ccc(F)c(C(=O)O)c1. The van der Waals surface area contributed by atoms with Gasteiger partial charge in [-0.15, -0.1) is 0 Å². The first-order valence-corrected chi connectivity index (χ1v) is 7.79. The van der Waals surface area contributed by atoms with Gasteiger partial charge in [-0.1, -0.05) is 32.6 Å². The standard InChI is InChI=1S/C14H19FO3S/c1-2-3-4-5-6-9-19(18)11-7-8-13(15)12(10-11)14(16)17/h7-8,10H,2-6,9H2,1H3,(H,16,17). The molecule has 1 unspecified atom stereocenters. The molecule has 106 valence electrons. The van der Waals surface area contributed by atoms with Crippen molar-refractivity contribution in [3.8, 4) is 0 Å². The van der Waals surface area contributed by atoms with Gasteiger partial charge in [0.05, 0.1) is 16.4 Å². The van der Waals surface area contributed by atoms with Crippen LogP contribution in [0.25, 0.3) is 0 Å². The molecule has 0 aromatic heterocycles. The summed E-state index contributed by atoms with van der Waals surface area (Å²) in [6.07, 6.45) is 5.31. The fourth-order valence-corrected chi connectivity index (χ4v) is 2.94. The average Bonchev–Trinajstić information content (AvgIpc) is 2.38. The van der Waals surface area contributed by atoms with Crippen LogP contribution in [0.1, 0.15) is 49.4 Å². The predicted molar refractivity (Wildman–Crippen MR) is 73.4 cm³/mol. The second-order valence-corrected chi connectivity index (χ2v) is 5.98. The fraction of sp³-hybridized carbons (Fsp3) is 0.500. The molecule has 0 aliphatic carbocycles. The first-order valence-electron chi connectivity index (χ1n) is 6.47. The summed E-state index contributed by atoms with van der Waals surface area (Å²) in [4.78, 5) is 11.2. The largest absolute Gasteiger partial charge is 0.478 e. The summed E-state index contributed by atoms with van der Waals surface area (Å²) >= 11 is 0. The highest BCUT2D eigenvalue weighted by Gasteiger charge is 2.13. The predicted octanol–water partition coefficient (Wildman–Crippen LogP) is 3.60. The lowest BCUT2D eigenvalue weighted by molar-refractivity contribution is 0.0691. The van der Waals surface area contributed by atoms with Crippen LogP contribution in [0.15, 0.2) is 23.1 Å². The van der Waals surface area contributed by atoms with Crippen molar-refractivity contribution in [3.05, 3.63) is 29.6 Å². The van der Waals surface area contributed by atoms with Gasteiger partial charge in [-0.2, -0.15) is 0 Å². The Kier molecular flexibility index (Phi) is 6.70. The average molecular weight is 286 g/mol. The summed E-state index contributed by atoms with van der Waals surface area (Å²) in [6.45, 7) is 2.13. The zero-order chi connectivity index (χ0) is 14.3. The third-order valence-corrected chi connectivity index (χ3v) is 4.30. The van der Waals surface area contributed by atoms with E-state index in [4.69, 9.17) is 5.11 Å². The zero-order valence-corrected chi connectivity index (χ0v) is 11.8. The fourth-order valence-electron chi connectivity index (χ4n) is 1.76. The molecule has 1 rings (SSSR count). The third-order valence-electron chi connectivity index (χ3n) is 2.86. The van der Waals surface area contributed by atoms with Crippen molar-refractivity contribution >= 4 is 16.8 Å². The maximum absolute atomic E-state index is 13.2. The van der Waals surface area contributed by atoms with Gasteiger partial charge in [0.25, 0.3) is 0 Å². The second kappa shape index (κ2) is 8.04. The van der Waals surface area contributed by atoms with E-state index in [9.17, 15) is 13.4 Å². The number of hydrogen-bond donors (Lipinski definition) is 1. The molecule has 3 nitrogen and oxygen atoms in total. The lowest BCUT2D eigenvalue weighted by atomic mass is 10.2. The smallest absolute Gasteiger partial charge is 0.338 e. The number of carboxylic acids is 1. The van der Waals surface area contributed by atoms with Crippen LogP contribution < -0.4 is 0 Å². The van der Waals surface area contributed by atoms with Gasteiger partial charge >= 0.3 is 5.97 Å². The molecule has 0 amide bonds. The molecule has 0 fully saturated rings. The van der Waals surface area contributed by atoms with Crippen LogP contribution in [-0.2, 0) is 10.8 Å². The van der Waals surface area contributed by atoms with Crippen LogP contribution in [0.3, 0.4) is 0 Å². The molecule has 5 heteroatoms. The minimum absolute atomic E-state index is 0.384. The molecule has 0 aliphatic rings. The van der Waals surface area contributed by atoms with Gasteiger partial charge in [0.1, 0.15) is 5.82 Å². The van der Waals surface area contributed by atoms with E-state index in [-0.39, 0.29) is 0 Å². The summed E-state index contributed by atoms with van der Waals surface area (Å²) in [5.74, 6) is -1.63. The summed E-state index contributed by atoms with van der Waals surface area (Å²) in [5.41, 5.74) is -0.420. The monoisotopic (exact) mass is 286 g/mol. The Balaban J connectivity index is 2.57. The van der Waals surface area contributed by atoms with Crippen molar-refractivity contribution in [1.82, 2.24) is 0 Å². The number of carbonyl (C=O) groups is 1. The molecule has 19 heavy (non-hydrogen) atoms. The van der Waals surface area contributed by atoms with Gasteiger partial charge in [0, 0.05) is 10.6 Å². The van der Waals surface area contributed by atoms with Crippen molar-refractivity contribution in [3.63, 3.8) is 0 Å². The van der Waals surface area contributed by atoms with Crippen LogP contribution in [0.2, 0.25) is 0 Å². The molecule has 0 saturated heterocycles. The molecule has 1 atom stereocenters. The first kappa shape index (κ1) is 15.8. The minimum atomic E-state index is -1.33. The summed E-state index contributed by atoms with van der Waals surface area (Å²) in [5, 5.41) is 8.81. The van der Waals surface area contributed by atoms with Crippen molar-refractivity contribution in [2.75, 3.05) is 5.75 Å². The Morgan fingerprint density at radius 1 is 1.26 bits per heavy atom. The van der Waals surface area contributed by atoms with Crippen molar-refractivity contribution in [1.29, 1.82) is 0 Å². The molecule has 1 aromatic carbocycles. The lowest BCUT2D eigenvalue weighted by Crippen LogP contribution is -2.04. The Bertz CT molecular complexity index is 460. The van der Waals surface area contributed by atoms with Crippen LogP contribution in [0, 0.1) is 5.82 Å². The van der Waals surface area contributed by atoms with Gasteiger partial charge < -0.3 is 5.11 Å². The Morgan fingerprint density at radius 3 is 2.58 bits per heavy atom. The van der Waals surface area contributed by atoms with Crippen molar-refractivity contribution < 1.29 is 18.5 Å². The van der Waals surface area contributed by atoms with Crippen LogP contribution in [0.4, 0.5) is 4.39 Å². The number of hydrogen-bond acceptors (Lipinski definition) is 2. The van der Waals surface area contributed by atoms with Crippen LogP contribution in [-0.4, -0.2) is 21.0 Å². The summed E-state index contributed by atoms with van der Waals surface area (Å²) < 4.78 is 25.2. The molecule has 1 N–H and O–H groups in total. The van der Waals surface area contributed by atoms with E-state index in [1.807, 2.05) is 0 Å². The first-order chi connectivity index (χ1) is 9.06. The molecule has 0 saturated carbocycles. The summed E-state index contributed by atoms with van der Waals surface area (Å²) in [6, 6.07) is 3.62. The van der Waals surface area contributed by atoms with Crippen molar-refractivity contribution in [2.24, 2.45) is 0 Å². The van der Waals surface area contributed by atoms with E-state index < -0.39 is 28.1 Å². The maximum atomic E-state index is 13.2. The molecule has 0 spiro atoms. The van der Waals surface area contributed by atoms with Gasteiger partial charge in [-0.3, -0.25) is 4.21 Å². The Hall–Kier alpha value is -1.23. The van der Waals surface area contributed by atoms with E-state index >= 15 is 0 Å². The highest BCUT2D eigenvalue weighted by molar-refractivity contribution is 7.85. The molecule has 0 aliphatic heterocycles. The van der Waals surface area contributed by atoms with Gasteiger partial charge in [-0.05, 0) is 24.6 Å². The Labute approximate surface area is 115 Å². The van der Waals surface area contributed by atoms with E-state index in [1.54, 1.807) is 0 Å². The number of benzene rings is 1. The Morgan fingerprint density at radius 2 is 1.95 bits per heavy atom. The molecule has 1 aromatic rings. The summed E-state index contributed by atoms with van der Waals surface area (Å²) in [7, 11) is -1.25. The molecule has 0 radical (unpaired) electrons. The molecular weight excluding hydrogens is 267 g/mol. The number of aromatic carboxylic acids is 1. The van der Waals surface area contributed by atoms with Gasteiger partial charge in [0.2, 0.25) is 0 Å². The molecule has 0 heterocycles. The van der Waals surface area contributed by atoms with E-state index in [2.05, 4.69) is 6.92 Å². The van der Waals surface area contributed by atoms with Crippen molar-refractivity contribution in [2.45, 2.75) is 43.9 Å². The van der Waals surface area contributed by atoms with Crippen LogP contribution in [0.5, 0.6) is 0 Å². The highest BCUT2D eigenvalue weighted by Crippen LogP contribution is 2.15. The minimum Gasteiger partial charge on any atom is -0.478 e. The maximum Gasteiger partial charge on any atom is 0.338 e. The highest BCUT2D eigenvalue weighted by atomic mass is 32.2. The zero-order valence-electron chi connectivity index (χ0n) is 11.0. The van der Waals surface area contributed by atoms with Gasteiger partial charge in [0.15, 0.2) is 0 Å². The molecular formula is C14H19FO3S. The van der Waals surface area contributed by atoms with Crippen LogP contribution >= 0.6 is 0 Å². The van der Waals surface area contributed by atoms with E-state index in [0.29, 0.717) is 10.6 Å². The number of rotatable bonds is 8.